The van der Waals surface area contributed by atoms with Crippen molar-refractivity contribution in [1.29, 1.82) is 0 Å². The summed E-state index contributed by atoms with van der Waals surface area (Å²) >= 11 is 0. The second-order valence-corrected chi connectivity index (χ2v) is 8.03. The van der Waals surface area contributed by atoms with E-state index in [4.69, 9.17) is 0 Å². The number of amides is 1. The van der Waals surface area contributed by atoms with Crippen LogP contribution in [0.2, 0.25) is 0 Å². The number of carbonyl (C=O) groups is 1. The Morgan fingerprint density at radius 3 is 2.54 bits per heavy atom. The molecule has 0 aliphatic carbocycles. The van der Waals surface area contributed by atoms with Crippen LogP contribution >= 0.6 is 0 Å². The van der Waals surface area contributed by atoms with Gasteiger partial charge in [-0.2, -0.15) is 0 Å². The summed E-state index contributed by atoms with van der Waals surface area (Å²) in [5.41, 5.74) is 2.32. The molecule has 0 saturated heterocycles. The van der Waals surface area contributed by atoms with Crippen molar-refractivity contribution in [2.45, 2.75) is 31.7 Å². The van der Waals surface area contributed by atoms with Crippen LogP contribution in [0.5, 0.6) is 0 Å². The van der Waals surface area contributed by atoms with Crippen LogP contribution < -0.4 is 4.72 Å². The van der Waals surface area contributed by atoms with E-state index in [1.807, 2.05) is 6.92 Å². The minimum Gasteiger partial charge on any atom is -0.341 e. The molecule has 0 unspecified atom stereocenters. The molecule has 26 heavy (non-hydrogen) atoms. The lowest BCUT2D eigenvalue weighted by molar-refractivity contribution is -0.130. The summed E-state index contributed by atoms with van der Waals surface area (Å²) in [6.45, 7) is 3.89. The molecule has 0 aliphatic rings. The van der Waals surface area contributed by atoms with Crippen molar-refractivity contribution >= 4 is 15.9 Å². The standard InChI is InChI=1S/C19H23FN2O3S/c1-14-7-8-18(15(2)11-14)26(24,25)21-10-9-19(23)22(3)13-16-5-4-6-17(20)12-16/h4-8,11-12,21H,9-10,13H2,1-3H3. The topological polar surface area (TPSA) is 66.5 Å². The maximum atomic E-state index is 13.2. The van der Waals surface area contributed by atoms with Gasteiger partial charge in [0, 0.05) is 26.6 Å². The third-order valence-electron chi connectivity index (χ3n) is 3.99. The van der Waals surface area contributed by atoms with Crippen LogP contribution in [0.4, 0.5) is 4.39 Å². The summed E-state index contributed by atoms with van der Waals surface area (Å²) in [6, 6.07) is 11.1. The number of rotatable bonds is 7. The van der Waals surface area contributed by atoms with E-state index in [2.05, 4.69) is 4.72 Å². The molecule has 1 amide bonds. The molecule has 0 bridgehead atoms. The van der Waals surface area contributed by atoms with Gasteiger partial charge in [0.25, 0.3) is 0 Å². The van der Waals surface area contributed by atoms with Gasteiger partial charge in [0.15, 0.2) is 0 Å². The van der Waals surface area contributed by atoms with Gasteiger partial charge in [0.05, 0.1) is 4.90 Å². The largest absolute Gasteiger partial charge is 0.341 e. The zero-order valence-electron chi connectivity index (χ0n) is 15.1. The van der Waals surface area contributed by atoms with Crippen LogP contribution in [0.15, 0.2) is 47.4 Å². The zero-order valence-corrected chi connectivity index (χ0v) is 15.9. The van der Waals surface area contributed by atoms with Crippen molar-refractivity contribution in [3.63, 3.8) is 0 Å². The molecule has 0 spiro atoms. The lowest BCUT2D eigenvalue weighted by Crippen LogP contribution is -2.32. The van der Waals surface area contributed by atoms with Crippen molar-refractivity contribution in [1.82, 2.24) is 9.62 Å². The van der Waals surface area contributed by atoms with Crippen LogP contribution in [0, 0.1) is 19.7 Å². The number of carbonyl (C=O) groups excluding carboxylic acids is 1. The minimum absolute atomic E-state index is 0.00196. The highest BCUT2D eigenvalue weighted by atomic mass is 32.2. The fourth-order valence-electron chi connectivity index (χ4n) is 2.66. The molecule has 0 aliphatic heterocycles. The van der Waals surface area contributed by atoms with Crippen LogP contribution in [0.3, 0.4) is 0 Å². The fraction of sp³-hybridized carbons (Fsp3) is 0.316. The normalized spacial score (nSPS) is 11.4. The van der Waals surface area contributed by atoms with Crippen molar-refractivity contribution < 1.29 is 17.6 Å². The molecule has 5 nitrogen and oxygen atoms in total. The van der Waals surface area contributed by atoms with Crippen molar-refractivity contribution in [3.05, 3.63) is 65.0 Å². The molecule has 2 aromatic carbocycles. The maximum Gasteiger partial charge on any atom is 0.240 e. The van der Waals surface area contributed by atoms with Gasteiger partial charge >= 0.3 is 0 Å². The molecule has 0 radical (unpaired) electrons. The minimum atomic E-state index is -3.66. The number of nitrogens with one attached hydrogen (secondary N) is 1. The van der Waals surface area contributed by atoms with E-state index in [1.54, 1.807) is 44.3 Å². The van der Waals surface area contributed by atoms with Crippen molar-refractivity contribution in [2.75, 3.05) is 13.6 Å². The predicted molar refractivity (Wildman–Crippen MR) is 98.6 cm³/mol. The van der Waals surface area contributed by atoms with Crippen LogP contribution in [-0.2, 0) is 21.4 Å². The number of sulfonamides is 1. The lowest BCUT2D eigenvalue weighted by atomic mass is 10.2. The Morgan fingerprint density at radius 1 is 1.15 bits per heavy atom. The highest BCUT2D eigenvalue weighted by Gasteiger charge is 2.17. The van der Waals surface area contributed by atoms with Gasteiger partial charge in [0.1, 0.15) is 5.82 Å². The predicted octanol–water partition coefficient (Wildman–Crippen LogP) is 2.77. The smallest absolute Gasteiger partial charge is 0.240 e. The molecule has 0 atom stereocenters. The number of hydrogen-bond donors (Lipinski definition) is 1. The van der Waals surface area contributed by atoms with Crippen LogP contribution in [0.25, 0.3) is 0 Å². The fourth-order valence-corrected chi connectivity index (χ4v) is 3.92. The Morgan fingerprint density at radius 2 is 1.88 bits per heavy atom. The van der Waals surface area contributed by atoms with Crippen LogP contribution in [-0.4, -0.2) is 32.8 Å². The average molecular weight is 378 g/mol. The van der Waals surface area contributed by atoms with Crippen molar-refractivity contribution in [3.8, 4) is 0 Å². The molecule has 0 heterocycles. The monoisotopic (exact) mass is 378 g/mol. The number of benzene rings is 2. The highest BCUT2D eigenvalue weighted by Crippen LogP contribution is 2.16. The number of nitrogens with zero attached hydrogens (tertiary/aromatic N) is 1. The van der Waals surface area contributed by atoms with Gasteiger partial charge in [-0.3, -0.25) is 4.79 Å². The SMILES string of the molecule is Cc1ccc(S(=O)(=O)NCCC(=O)N(C)Cc2cccc(F)c2)c(C)c1. The number of halogens is 1. The summed E-state index contributed by atoms with van der Waals surface area (Å²) < 4.78 is 40.4. The van der Waals surface area contributed by atoms with Gasteiger partial charge in [-0.1, -0.05) is 29.8 Å². The second kappa shape index (κ2) is 8.42. The van der Waals surface area contributed by atoms with E-state index in [0.29, 0.717) is 11.1 Å². The molecule has 0 fully saturated rings. The third-order valence-corrected chi connectivity index (χ3v) is 5.61. The molecule has 0 saturated carbocycles. The Labute approximate surface area is 153 Å². The number of aryl methyl sites for hydroxylation is 2. The summed E-state index contributed by atoms with van der Waals surface area (Å²) in [5, 5.41) is 0. The van der Waals surface area contributed by atoms with E-state index in [0.717, 1.165) is 5.56 Å². The summed E-state index contributed by atoms with van der Waals surface area (Å²) in [5.74, 6) is -0.581. The molecule has 7 heteroatoms. The highest BCUT2D eigenvalue weighted by molar-refractivity contribution is 7.89. The first-order chi connectivity index (χ1) is 12.2. The van der Waals surface area contributed by atoms with E-state index < -0.39 is 10.0 Å². The Bertz CT molecular complexity index is 897. The quantitative estimate of drug-likeness (QED) is 0.806. The third kappa shape index (κ3) is 5.37. The summed E-state index contributed by atoms with van der Waals surface area (Å²) in [7, 11) is -2.06. The summed E-state index contributed by atoms with van der Waals surface area (Å²) in [4.78, 5) is 13.8. The Balaban J connectivity index is 1.90. The van der Waals surface area contributed by atoms with Crippen LogP contribution in [0.1, 0.15) is 23.1 Å². The van der Waals surface area contributed by atoms with E-state index >= 15 is 0 Å². The first-order valence-corrected chi connectivity index (χ1v) is 9.72. The number of hydrogen-bond acceptors (Lipinski definition) is 3. The van der Waals surface area contributed by atoms with E-state index in [9.17, 15) is 17.6 Å². The first kappa shape index (κ1) is 20.1. The first-order valence-electron chi connectivity index (χ1n) is 8.24. The lowest BCUT2D eigenvalue weighted by Gasteiger charge is -2.17. The van der Waals surface area contributed by atoms with E-state index in [-0.39, 0.29) is 36.1 Å². The molecular formula is C19H23FN2O3S. The van der Waals surface area contributed by atoms with Crippen molar-refractivity contribution in [2.24, 2.45) is 0 Å². The molecule has 1 N–H and O–H groups in total. The Hall–Kier alpha value is -2.25. The van der Waals surface area contributed by atoms with E-state index in [1.165, 1.54) is 17.0 Å². The zero-order chi connectivity index (χ0) is 19.3. The molecule has 2 aromatic rings. The average Bonchev–Trinajstić information content (AvgIpc) is 2.54. The Kier molecular flexibility index (Phi) is 6.50. The molecular weight excluding hydrogens is 355 g/mol. The second-order valence-electron chi connectivity index (χ2n) is 6.30. The molecule has 140 valence electrons. The summed E-state index contributed by atoms with van der Waals surface area (Å²) in [6.07, 6.45) is 0.0238. The van der Waals surface area contributed by atoms with Gasteiger partial charge in [-0.15, -0.1) is 0 Å². The molecule has 0 aromatic heterocycles. The van der Waals surface area contributed by atoms with Gasteiger partial charge in [0.2, 0.25) is 15.9 Å². The molecule has 2 rings (SSSR count). The maximum absolute atomic E-state index is 13.2. The van der Waals surface area contributed by atoms with Gasteiger partial charge < -0.3 is 4.90 Å². The van der Waals surface area contributed by atoms with Gasteiger partial charge in [-0.05, 0) is 43.2 Å². The van der Waals surface area contributed by atoms with Gasteiger partial charge in [-0.25, -0.2) is 17.5 Å².